The fraction of sp³-hybridized carbons (Fsp3) is 0.571. The van der Waals surface area contributed by atoms with Crippen LogP contribution in [-0.4, -0.2) is 18.3 Å². The van der Waals surface area contributed by atoms with Crippen molar-refractivity contribution >= 4 is 0 Å². The maximum atomic E-state index is 10.4. The molecule has 0 aromatic heterocycles. The molecular formula is C14H20O2. The Morgan fingerprint density at radius 3 is 2.62 bits per heavy atom. The van der Waals surface area contributed by atoms with Crippen LogP contribution >= 0.6 is 0 Å². The first-order valence-corrected chi connectivity index (χ1v) is 6.14. The van der Waals surface area contributed by atoms with Gasteiger partial charge in [-0.2, -0.15) is 0 Å². The Hall–Kier alpha value is -0.860. The fourth-order valence-electron chi connectivity index (χ4n) is 2.28. The second-order valence-corrected chi connectivity index (χ2v) is 4.63. The first-order valence-electron chi connectivity index (χ1n) is 6.14. The van der Waals surface area contributed by atoms with E-state index in [1.54, 1.807) is 0 Å². The molecule has 88 valence electrons. The van der Waals surface area contributed by atoms with Gasteiger partial charge in [-0.1, -0.05) is 37.6 Å². The molecule has 2 rings (SSSR count). The van der Waals surface area contributed by atoms with Gasteiger partial charge in [-0.3, -0.25) is 0 Å². The standard InChI is InChI=1S/C14H20O2/c1-2-4-12-5-7-13(8-6-12)14(15)9-3-10-16-11-14/h5-8,15H,2-4,9-11H2,1H3. The fourth-order valence-corrected chi connectivity index (χ4v) is 2.28. The summed E-state index contributed by atoms with van der Waals surface area (Å²) in [6, 6.07) is 8.32. The maximum absolute atomic E-state index is 10.4. The molecule has 1 atom stereocenters. The summed E-state index contributed by atoms with van der Waals surface area (Å²) >= 11 is 0. The van der Waals surface area contributed by atoms with Crippen LogP contribution in [0.3, 0.4) is 0 Å². The van der Waals surface area contributed by atoms with E-state index in [0.29, 0.717) is 6.61 Å². The lowest BCUT2D eigenvalue weighted by Gasteiger charge is -2.32. The Balaban J connectivity index is 2.13. The summed E-state index contributed by atoms with van der Waals surface area (Å²) in [4.78, 5) is 0. The molecule has 1 unspecified atom stereocenters. The number of rotatable bonds is 3. The van der Waals surface area contributed by atoms with Crippen molar-refractivity contribution < 1.29 is 9.84 Å². The Labute approximate surface area is 97.3 Å². The highest BCUT2D eigenvalue weighted by atomic mass is 16.5. The largest absolute Gasteiger partial charge is 0.383 e. The van der Waals surface area contributed by atoms with Crippen molar-refractivity contribution in [3.63, 3.8) is 0 Å². The molecule has 1 aromatic carbocycles. The van der Waals surface area contributed by atoms with Crippen LogP contribution in [-0.2, 0) is 16.8 Å². The summed E-state index contributed by atoms with van der Waals surface area (Å²) in [6.07, 6.45) is 4.01. The van der Waals surface area contributed by atoms with Crippen LogP contribution in [0, 0.1) is 0 Å². The van der Waals surface area contributed by atoms with Crippen molar-refractivity contribution in [3.8, 4) is 0 Å². The van der Waals surface area contributed by atoms with E-state index < -0.39 is 5.60 Å². The van der Waals surface area contributed by atoms with Gasteiger partial charge >= 0.3 is 0 Å². The van der Waals surface area contributed by atoms with Gasteiger partial charge in [0, 0.05) is 6.61 Å². The van der Waals surface area contributed by atoms with E-state index in [-0.39, 0.29) is 0 Å². The van der Waals surface area contributed by atoms with E-state index in [9.17, 15) is 5.11 Å². The van der Waals surface area contributed by atoms with Crippen molar-refractivity contribution in [3.05, 3.63) is 35.4 Å². The molecule has 0 aliphatic carbocycles. The Bertz CT molecular complexity index is 323. The summed E-state index contributed by atoms with van der Waals surface area (Å²) in [6.45, 7) is 3.38. The SMILES string of the molecule is CCCc1ccc(C2(O)CCCOC2)cc1. The van der Waals surface area contributed by atoms with Crippen LogP contribution in [0.2, 0.25) is 0 Å². The van der Waals surface area contributed by atoms with Crippen molar-refractivity contribution in [1.82, 2.24) is 0 Å². The minimum atomic E-state index is -0.761. The van der Waals surface area contributed by atoms with E-state index in [1.807, 2.05) is 12.1 Å². The first-order chi connectivity index (χ1) is 7.74. The van der Waals surface area contributed by atoms with Crippen LogP contribution < -0.4 is 0 Å². The van der Waals surface area contributed by atoms with Gasteiger partial charge in [0.2, 0.25) is 0 Å². The number of hydrogen-bond donors (Lipinski definition) is 1. The minimum Gasteiger partial charge on any atom is -0.383 e. The third-order valence-electron chi connectivity index (χ3n) is 3.25. The average molecular weight is 220 g/mol. The predicted octanol–water partition coefficient (Wildman–Crippen LogP) is 2.64. The normalized spacial score (nSPS) is 25.6. The third-order valence-corrected chi connectivity index (χ3v) is 3.25. The highest BCUT2D eigenvalue weighted by Gasteiger charge is 2.31. The van der Waals surface area contributed by atoms with E-state index >= 15 is 0 Å². The number of hydrogen-bond acceptors (Lipinski definition) is 2. The number of aryl methyl sites for hydroxylation is 1. The second-order valence-electron chi connectivity index (χ2n) is 4.63. The van der Waals surface area contributed by atoms with Gasteiger partial charge < -0.3 is 9.84 Å². The molecule has 16 heavy (non-hydrogen) atoms. The minimum absolute atomic E-state index is 0.431. The summed E-state index contributed by atoms with van der Waals surface area (Å²) in [5, 5.41) is 10.4. The molecule has 1 aromatic rings. The van der Waals surface area contributed by atoms with Gasteiger partial charge in [-0.15, -0.1) is 0 Å². The first kappa shape index (κ1) is 11.6. The van der Waals surface area contributed by atoms with Crippen LogP contribution in [0.1, 0.15) is 37.3 Å². The van der Waals surface area contributed by atoms with Gasteiger partial charge in [0.05, 0.1) is 6.61 Å². The smallest absolute Gasteiger partial charge is 0.113 e. The van der Waals surface area contributed by atoms with E-state index in [1.165, 1.54) is 5.56 Å². The number of benzene rings is 1. The van der Waals surface area contributed by atoms with E-state index in [0.717, 1.165) is 37.9 Å². The van der Waals surface area contributed by atoms with Gasteiger partial charge in [0.15, 0.2) is 0 Å². The summed E-state index contributed by atoms with van der Waals surface area (Å²) < 4.78 is 5.37. The topological polar surface area (TPSA) is 29.5 Å². The Kier molecular flexibility index (Phi) is 3.62. The Morgan fingerprint density at radius 2 is 2.06 bits per heavy atom. The van der Waals surface area contributed by atoms with Gasteiger partial charge in [0.25, 0.3) is 0 Å². The molecule has 1 saturated heterocycles. The van der Waals surface area contributed by atoms with Gasteiger partial charge in [0.1, 0.15) is 5.60 Å². The molecule has 0 bridgehead atoms. The molecule has 1 aliphatic rings. The zero-order valence-corrected chi connectivity index (χ0v) is 9.91. The maximum Gasteiger partial charge on any atom is 0.113 e. The van der Waals surface area contributed by atoms with Gasteiger partial charge in [-0.25, -0.2) is 0 Å². The lowest BCUT2D eigenvalue weighted by atomic mass is 9.88. The molecule has 2 nitrogen and oxygen atoms in total. The van der Waals surface area contributed by atoms with Crippen LogP contribution in [0.4, 0.5) is 0 Å². The molecule has 0 amide bonds. The summed E-state index contributed by atoms with van der Waals surface area (Å²) in [5.74, 6) is 0. The average Bonchev–Trinajstić information content (AvgIpc) is 2.31. The molecule has 1 heterocycles. The van der Waals surface area contributed by atoms with Crippen LogP contribution in [0.5, 0.6) is 0 Å². The third kappa shape index (κ3) is 2.45. The lowest BCUT2D eigenvalue weighted by molar-refractivity contribution is -0.0902. The second kappa shape index (κ2) is 4.98. The van der Waals surface area contributed by atoms with Crippen molar-refractivity contribution in [2.24, 2.45) is 0 Å². The predicted molar refractivity (Wildman–Crippen MR) is 64.4 cm³/mol. The summed E-state index contributed by atoms with van der Waals surface area (Å²) in [5.41, 5.74) is 1.57. The Morgan fingerprint density at radius 1 is 1.31 bits per heavy atom. The molecule has 0 saturated carbocycles. The van der Waals surface area contributed by atoms with Crippen molar-refractivity contribution in [1.29, 1.82) is 0 Å². The zero-order valence-electron chi connectivity index (χ0n) is 9.91. The number of aliphatic hydroxyl groups is 1. The quantitative estimate of drug-likeness (QED) is 0.848. The highest BCUT2D eigenvalue weighted by Crippen LogP contribution is 2.30. The number of ether oxygens (including phenoxy) is 1. The molecule has 2 heteroatoms. The zero-order chi connectivity index (χ0) is 11.4. The molecule has 0 spiro atoms. The monoisotopic (exact) mass is 220 g/mol. The van der Waals surface area contributed by atoms with Crippen LogP contribution in [0.15, 0.2) is 24.3 Å². The van der Waals surface area contributed by atoms with E-state index in [4.69, 9.17) is 4.74 Å². The molecule has 1 fully saturated rings. The molecule has 1 N–H and O–H groups in total. The van der Waals surface area contributed by atoms with E-state index in [2.05, 4.69) is 19.1 Å². The van der Waals surface area contributed by atoms with Crippen molar-refractivity contribution in [2.75, 3.05) is 13.2 Å². The van der Waals surface area contributed by atoms with Crippen LogP contribution in [0.25, 0.3) is 0 Å². The lowest BCUT2D eigenvalue weighted by Crippen LogP contribution is -2.35. The molecule has 0 radical (unpaired) electrons. The van der Waals surface area contributed by atoms with Crippen molar-refractivity contribution in [2.45, 2.75) is 38.2 Å². The molecular weight excluding hydrogens is 200 g/mol. The highest BCUT2D eigenvalue weighted by molar-refractivity contribution is 5.27. The molecule has 1 aliphatic heterocycles. The van der Waals surface area contributed by atoms with Gasteiger partial charge in [-0.05, 0) is 30.4 Å². The summed E-state index contributed by atoms with van der Waals surface area (Å²) in [7, 11) is 0.